The molecule has 0 unspecified atom stereocenters. The summed E-state index contributed by atoms with van der Waals surface area (Å²) in [6.45, 7) is 0.913. The maximum atomic E-state index is 12.9. The molecule has 4 rings (SSSR count). The maximum absolute atomic E-state index is 12.9. The second-order valence-corrected chi connectivity index (χ2v) is 9.38. The van der Waals surface area contributed by atoms with E-state index in [2.05, 4.69) is 0 Å². The van der Waals surface area contributed by atoms with Gasteiger partial charge >= 0.3 is 5.69 Å². The van der Waals surface area contributed by atoms with Crippen molar-refractivity contribution in [1.29, 1.82) is 0 Å². The van der Waals surface area contributed by atoms with Crippen LogP contribution in [-0.4, -0.2) is 63.4 Å². The Labute approximate surface area is 220 Å². The van der Waals surface area contributed by atoms with E-state index in [1.54, 1.807) is 11.0 Å². The van der Waals surface area contributed by atoms with Gasteiger partial charge in [-0.25, -0.2) is 0 Å². The number of ether oxygens (including phenoxy) is 2. The molecule has 2 heterocycles. The van der Waals surface area contributed by atoms with Crippen LogP contribution < -0.4 is 9.47 Å². The summed E-state index contributed by atoms with van der Waals surface area (Å²) in [5.41, 5.74) is -0.587. The highest BCUT2D eigenvalue weighted by Crippen LogP contribution is 2.39. The minimum atomic E-state index is -0.796. The standard InChI is InChI=1S/C24H22N4O9S/c1-36-20-11-15(5-7-19(20)37-18-8-6-16(27(32)33)13-17(18)28(34)35)12-21-23(30)26(24(31)38-21)14-22(29)25-9-3-2-4-10-25/h5-8,11-13H,2-4,9-10,14H2,1H3/b21-12+. The number of methoxy groups -OCH3 is 1. The molecule has 0 bridgehead atoms. The number of carbonyl (C=O) groups is 3. The number of nitro groups is 2. The number of imide groups is 1. The molecule has 13 nitrogen and oxygen atoms in total. The molecule has 0 saturated carbocycles. The molecule has 2 aliphatic rings. The smallest absolute Gasteiger partial charge is 0.318 e. The van der Waals surface area contributed by atoms with Crippen molar-refractivity contribution in [1.82, 2.24) is 9.80 Å². The quantitative estimate of drug-likeness (QED) is 0.266. The summed E-state index contributed by atoms with van der Waals surface area (Å²) in [6, 6.07) is 7.48. The number of hydrogen-bond acceptors (Lipinski definition) is 10. The van der Waals surface area contributed by atoms with Crippen LogP contribution >= 0.6 is 11.8 Å². The Hall–Kier alpha value is -4.46. The fourth-order valence-corrected chi connectivity index (χ4v) is 4.83. The molecule has 0 spiro atoms. The van der Waals surface area contributed by atoms with Crippen molar-refractivity contribution in [2.75, 3.05) is 26.7 Å². The predicted molar refractivity (Wildman–Crippen MR) is 136 cm³/mol. The van der Waals surface area contributed by atoms with E-state index in [0.717, 1.165) is 54.1 Å². The van der Waals surface area contributed by atoms with Crippen LogP contribution in [0.15, 0.2) is 41.3 Å². The zero-order valence-corrected chi connectivity index (χ0v) is 21.0. The van der Waals surface area contributed by atoms with Gasteiger partial charge in [-0.05, 0) is 60.9 Å². The number of nitrogens with zero attached hydrogens (tertiary/aromatic N) is 4. The van der Waals surface area contributed by atoms with E-state index in [1.165, 1.54) is 25.3 Å². The highest BCUT2D eigenvalue weighted by molar-refractivity contribution is 8.18. The Balaban J connectivity index is 1.52. The number of rotatable bonds is 8. The average Bonchev–Trinajstić information content (AvgIpc) is 3.17. The predicted octanol–water partition coefficient (Wildman–Crippen LogP) is 4.35. The Kier molecular flexibility index (Phi) is 7.90. The summed E-state index contributed by atoms with van der Waals surface area (Å²) in [7, 11) is 1.34. The minimum absolute atomic E-state index is 0.0850. The zero-order valence-electron chi connectivity index (χ0n) is 20.2. The third kappa shape index (κ3) is 5.75. The average molecular weight is 543 g/mol. The molecular weight excluding hydrogens is 520 g/mol. The lowest BCUT2D eigenvalue weighted by Gasteiger charge is -2.27. The third-order valence-corrected chi connectivity index (χ3v) is 6.84. The highest BCUT2D eigenvalue weighted by Gasteiger charge is 2.37. The maximum Gasteiger partial charge on any atom is 0.318 e. The minimum Gasteiger partial charge on any atom is -0.493 e. The van der Waals surface area contributed by atoms with Gasteiger partial charge in [-0.15, -0.1) is 0 Å². The van der Waals surface area contributed by atoms with Crippen LogP contribution in [-0.2, 0) is 9.59 Å². The largest absolute Gasteiger partial charge is 0.493 e. The molecule has 2 aromatic rings. The van der Waals surface area contributed by atoms with Crippen LogP contribution in [0.2, 0.25) is 0 Å². The monoisotopic (exact) mass is 542 g/mol. The van der Waals surface area contributed by atoms with Crippen LogP contribution in [0, 0.1) is 20.2 Å². The number of nitro benzene ring substituents is 2. The molecule has 3 amide bonds. The van der Waals surface area contributed by atoms with Crippen molar-refractivity contribution in [3.05, 3.63) is 67.1 Å². The second-order valence-electron chi connectivity index (χ2n) is 8.39. The molecule has 0 atom stereocenters. The Morgan fingerprint density at radius 3 is 2.37 bits per heavy atom. The van der Waals surface area contributed by atoms with Gasteiger partial charge in [0.25, 0.3) is 16.8 Å². The number of non-ortho nitro benzene ring substituents is 1. The van der Waals surface area contributed by atoms with Crippen molar-refractivity contribution < 1.29 is 33.7 Å². The SMILES string of the molecule is COc1cc(/C=C2/SC(=O)N(CC(=O)N3CCCCC3)C2=O)ccc1Oc1ccc([N+](=O)[O-])cc1[N+](=O)[O-]. The molecule has 2 aliphatic heterocycles. The van der Waals surface area contributed by atoms with Gasteiger partial charge in [0.1, 0.15) is 6.54 Å². The lowest BCUT2D eigenvalue weighted by Crippen LogP contribution is -2.44. The van der Waals surface area contributed by atoms with E-state index >= 15 is 0 Å². The van der Waals surface area contributed by atoms with Gasteiger partial charge in [0.05, 0.1) is 27.9 Å². The first kappa shape index (κ1) is 26.6. The van der Waals surface area contributed by atoms with Crippen LogP contribution in [0.3, 0.4) is 0 Å². The summed E-state index contributed by atoms with van der Waals surface area (Å²) in [5.74, 6) is -0.832. The molecule has 2 saturated heterocycles. The van der Waals surface area contributed by atoms with E-state index in [0.29, 0.717) is 18.7 Å². The van der Waals surface area contributed by atoms with Gasteiger partial charge in [0.15, 0.2) is 11.5 Å². The third-order valence-electron chi connectivity index (χ3n) is 5.93. The molecule has 2 fully saturated rings. The van der Waals surface area contributed by atoms with E-state index in [4.69, 9.17) is 9.47 Å². The number of amides is 3. The van der Waals surface area contributed by atoms with Crippen LogP contribution in [0.1, 0.15) is 24.8 Å². The van der Waals surface area contributed by atoms with Crippen molar-refractivity contribution in [2.45, 2.75) is 19.3 Å². The summed E-state index contributed by atoms with van der Waals surface area (Å²) in [5, 5.41) is 21.8. The molecule has 14 heteroatoms. The van der Waals surface area contributed by atoms with Gasteiger partial charge in [-0.2, -0.15) is 0 Å². The van der Waals surface area contributed by atoms with Crippen molar-refractivity contribution in [3.63, 3.8) is 0 Å². The normalized spacial score (nSPS) is 16.6. The van der Waals surface area contributed by atoms with E-state index in [9.17, 15) is 34.6 Å². The topological polar surface area (TPSA) is 162 Å². The molecule has 0 aliphatic carbocycles. The first-order valence-electron chi connectivity index (χ1n) is 11.5. The van der Waals surface area contributed by atoms with E-state index < -0.39 is 32.4 Å². The van der Waals surface area contributed by atoms with Gasteiger partial charge in [-0.1, -0.05) is 6.07 Å². The van der Waals surface area contributed by atoms with E-state index in [1.807, 2.05) is 0 Å². The van der Waals surface area contributed by atoms with Crippen LogP contribution in [0.4, 0.5) is 16.2 Å². The van der Waals surface area contributed by atoms with Crippen molar-refractivity contribution >= 4 is 46.3 Å². The molecule has 0 aromatic heterocycles. The summed E-state index contributed by atoms with van der Waals surface area (Å²) in [4.78, 5) is 61.4. The van der Waals surface area contributed by atoms with E-state index in [-0.39, 0.29) is 34.6 Å². The number of likely N-dealkylation sites (tertiary alicyclic amines) is 1. The lowest BCUT2D eigenvalue weighted by atomic mass is 10.1. The Morgan fingerprint density at radius 2 is 1.71 bits per heavy atom. The van der Waals surface area contributed by atoms with Crippen LogP contribution in [0.25, 0.3) is 6.08 Å². The van der Waals surface area contributed by atoms with Gasteiger partial charge in [-0.3, -0.25) is 39.5 Å². The van der Waals surface area contributed by atoms with Crippen molar-refractivity contribution in [2.24, 2.45) is 0 Å². The summed E-state index contributed by atoms with van der Waals surface area (Å²) < 4.78 is 10.9. The number of hydrogen-bond donors (Lipinski definition) is 0. The number of piperidine rings is 1. The summed E-state index contributed by atoms with van der Waals surface area (Å²) in [6.07, 6.45) is 4.31. The number of carbonyl (C=O) groups excluding carboxylic acids is 3. The highest BCUT2D eigenvalue weighted by atomic mass is 32.2. The molecule has 0 radical (unpaired) electrons. The molecule has 0 N–H and O–H groups in total. The summed E-state index contributed by atoms with van der Waals surface area (Å²) >= 11 is 0.720. The fraction of sp³-hybridized carbons (Fsp3) is 0.292. The first-order chi connectivity index (χ1) is 18.2. The molecule has 2 aromatic carbocycles. The Morgan fingerprint density at radius 1 is 1.00 bits per heavy atom. The first-order valence-corrected chi connectivity index (χ1v) is 12.3. The fourth-order valence-electron chi connectivity index (χ4n) is 3.99. The van der Waals surface area contributed by atoms with Crippen LogP contribution in [0.5, 0.6) is 17.2 Å². The van der Waals surface area contributed by atoms with Gasteiger partial charge in [0, 0.05) is 19.2 Å². The van der Waals surface area contributed by atoms with Gasteiger partial charge < -0.3 is 14.4 Å². The van der Waals surface area contributed by atoms with Crippen molar-refractivity contribution in [3.8, 4) is 17.2 Å². The lowest BCUT2D eigenvalue weighted by molar-refractivity contribution is -0.394. The van der Waals surface area contributed by atoms with Gasteiger partial charge in [0.2, 0.25) is 11.7 Å². The molecule has 38 heavy (non-hydrogen) atoms. The second kappa shape index (κ2) is 11.3. The number of thioether (sulfide) groups is 1. The molecule has 198 valence electrons. The zero-order chi connectivity index (χ0) is 27.4. The Bertz CT molecular complexity index is 1350. The molecular formula is C24H22N4O9S. The number of benzene rings is 2.